The van der Waals surface area contributed by atoms with E-state index in [-0.39, 0.29) is 5.12 Å². The molecular formula is C11H15N4O2S+. The predicted octanol–water partition coefficient (Wildman–Crippen LogP) is 0.588. The van der Waals surface area contributed by atoms with Gasteiger partial charge in [0.05, 0.1) is 20.0 Å². The van der Waals surface area contributed by atoms with Crippen LogP contribution in [0.1, 0.15) is 12.3 Å². The van der Waals surface area contributed by atoms with Gasteiger partial charge in [0.15, 0.2) is 11.4 Å². The Kier molecular flexibility index (Phi) is 4.52. The lowest BCUT2D eigenvalue weighted by atomic mass is 10.4. The summed E-state index contributed by atoms with van der Waals surface area (Å²) in [6, 6.07) is 0. The lowest BCUT2D eigenvalue weighted by molar-refractivity contribution is -0.671. The van der Waals surface area contributed by atoms with E-state index in [2.05, 4.69) is 10.1 Å². The fourth-order valence-corrected chi connectivity index (χ4v) is 2.22. The number of carbonyl (C=O) groups is 1. The Morgan fingerprint density at radius 1 is 1.61 bits per heavy atom. The molecule has 96 valence electrons. The number of imidazole rings is 1. The molecule has 0 aliphatic carbocycles. The van der Waals surface area contributed by atoms with Gasteiger partial charge in [-0.1, -0.05) is 16.9 Å². The van der Waals surface area contributed by atoms with Crippen molar-refractivity contribution in [2.75, 3.05) is 5.75 Å². The molecule has 0 radical (unpaired) electrons. The van der Waals surface area contributed by atoms with Crippen molar-refractivity contribution in [3.63, 3.8) is 0 Å². The van der Waals surface area contributed by atoms with E-state index in [1.807, 2.05) is 34.9 Å². The van der Waals surface area contributed by atoms with Gasteiger partial charge in [0, 0.05) is 12.2 Å². The summed E-state index contributed by atoms with van der Waals surface area (Å²) in [5.41, 5.74) is 0. The van der Waals surface area contributed by atoms with Crippen molar-refractivity contribution in [2.45, 2.75) is 19.4 Å². The number of hydrogen-bond donors (Lipinski definition) is 0. The van der Waals surface area contributed by atoms with Crippen LogP contribution in [0.3, 0.4) is 0 Å². The summed E-state index contributed by atoms with van der Waals surface area (Å²) in [5, 5.41) is 3.70. The zero-order valence-electron chi connectivity index (χ0n) is 10.2. The van der Waals surface area contributed by atoms with E-state index in [1.54, 1.807) is 0 Å². The summed E-state index contributed by atoms with van der Waals surface area (Å²) < 4.78 is 8.80. The van der Waals surface area contributed by atoms with Crippen molar-refractivity contribution < 1.29 is 13.9 Å². The second kappa shape index (κ2) is 6.34. The van der Waals surface area contributed by atoms with Crippen LogP contribution >= 0.6 is 11.8 Å². The van der Waals surface area contributed by atoms with Crippen LogP contribution in [-0.4, -0.2) is 25.6 Å². The van der Waals surface area contributed by atoms with Gasteiger partial charge in [0.25, 0.3) is 0 Å². The van der Waals surface area contributed by atoms with E-state index in [0.29, 0.717) is 31.0 Å². The average Bonchev–Trinajstić information content (AvgIpc) is 2.98. The molecule has 0 aromatic carbocycles. The highest BCUT2D eigenvalue weighted by atomic mass is 32.2. The van der Waals surface area contributed by atoms with Crippen LogP contribution in [0.4, 0.5) is 0 Å². The smallest absolute Gasteiger partial charge is 0.243 e. The maximum Gasteiger partial charge on any atom is 0.243 e. The summed E-state index contributed by atoms with van der Waals surface area (Å²) in [6.45, 7) is 0.716. The largest absolute Gasteiger partial charge is 0.340 e. The topological polar surface area (TPSA) is 64.8 Å². The summed E-state index contributed by atoms with van der Waals surface area (Å²) >= 11 is 1.31. The minimum atomic E-state index is 0.186. The molecule has 0 spiro atoms. The molecule has 0 fully saturated rings. The zero-order valence-corrected chi connectivity index (χ0v) is 11.0. The van der Waals surface area contributed by atoms with Crippen LogP contribution in [0.2, 0.25) is 0 Å². The van der Waals surface area contributed by atoms with Gasteiger partial charge in [-0.15, -0.1) is 0 Å². The molecule has 6 nitrogen and oxygen atoms in total. The third-order valence-corrected chi connectivity index (χ3v) is 3.32. The van der Waals surface area contributed by atoms with Crippen LogP contribution in [-0.2, 0) is 24.8 Å². The predicted molar refractivity (Wildman–Crippen MR) is 65.7 cm³/mol. The van der Waals surface area contributed by atoms with Gasteiger partial charge in [-0.05, 0) is 0 Å². The van der Waals surface area contributed by atoms with Crippen LogP contribution in [0.15, 0.2) is 29.6 Å². The van der Waals surface area contributed by atoms with Gasteiger partial charge < -0.3 is 4.52 Å². The molecule has 0 saturated carbocycles. The Morgan fingerprint density at radius 2 is 2.50 bits per heavy atom. The molecule has 2 heterocycles. The lowest BCUT2D eigenvalue weighted by Gasteiger charge is -1.97. The monoisotopic (exact) mass is 267 g/mol. The van der Waals surface area contributed by atoms with Crippen molar-refractivity contribution in [3.05, 3.63) is 30.9 Å². The lowest BCUT2D eigenvalue weighted by Crippen LogP contribution is -2.23. The van der Waals surface area contributed by atoms with Crippen LogP contribution in [0, 0.1) is 0 Å². The molecule has 18 heavy (non-hydrogen) atoms. The van der Waals surface area contributed by atoms with Crippen LogP contribution in [0.25, 0.3) is 0 Å². The second-order valence-corrected chi connectivity index (χ2v) is 5.02. The first-order valence-electron chi connectivity index (χ1n) is 5.66. The van der Waals surface area contributed by atoms with Crippen LogP contribution < -0.4 is 4.57 Å². The van der Waals surface area contributed by atoms with E-state index in [0.717, 1.165) is 0 Å². The highest BCUT2D eigenvalue weighted by Gasteiger charge is 2.07. The molecule has 0 atom stereocenters. The van der Waals surface area contributed by atoms with E-state index in [1.165, 1.54) is 18.1 Å². The number of aromatic nitrogens is 4. The number of hydrogen-bond acceptors (Lipinski definition) is 5. The van der Waals surface area contributed by atoms with Gasteiger partial charge in [-0.2, -0.15) is 4.98 Å². The first-order valence-corrected chi connectivity index (χ1v) is 6.65. The minimum Gasteiger partial charge on any atom is -0.340 e. The molecule has 2 aromatic rings. The third-order valence-electron chi connectivity index (χ3n) is 2.38. The van der Waals surface area contributed by atoms with Gasteiger partial charge >= 0.3 is 0 Å². The van der Waals surface area contributed by atoms with Crippen molar-refractivity contribution in [1.29, 1.82) is 0 Å². The Hall–Kier alpha value is -1.63. The van der Waals surface area contributed by atoms with E-state index in [9.17, 15) is 4.79 Å². The molecule has 0 N–H and O–H groups in total. The Balaban J connectivity index is 1.63. The molecule has 0 saturated heterocycles. The molecule has 7 heteroatoms. The van der Waals surface area contributed by atoms with E-state index < -0.39 is 0 Å². The van der Waals surface area contributed by atoms with Gasteiger partial charge in [0.2, 0.25) is 12.2 Å². The van der Waals surface area contributed by atoms with Crippen LogP contribution in [0.5, 0.6) is 0 Å². The number of thioether (sulfide) groups is 1. The van der Waals surface area contributed by atoms with E-state index >= 15 is 0 Å². The Morgan fingerprint density at radius 3 is 3.17 bits per heavy atom. The third kappa shape index (κ3) is 3.99. The molecule has 2 rings (SSSR count). The zero-order chi connectivity index (χ0) is 12.8. The fraction of sp³-hybridized carbons (Fsp3) is 0.455. The quantitative estimate of drug-likeness (QED) is 0.717. The number of nitrogens with zero attached hydrogens (tertiary/aromatic N) is 4. The summed E-state index contributed by atoms with van der Waals surface area (Å²) in [4.78, 5) is 15.5. The molecule has 0 amide bonds. The molecular weight excluding hydrogens is 252 g/mol. The highest BCUT2D eigenvalue weighted by Crippen LogP contribution is 2.09. The first kappa shape index (κ1) is 12.8. The summed E-state index contributed by atoms with van der Waals surface area (Å²) in [7, 11) is 1.96. The van der Waals surface area contributed by atoms with Crippen molar-refractivity contribution >= 4 is 16.9 Å². The van der Waals surface area contributed by atoms with E-state index in [4.69, 9.17) is 4.52 Å². The second-order valence-electron chi connectivity index (χ2n) is 3.87. The Labute approximate surface area is 109 Å². The summed E-state index contributed by atoms with van der Waals surface area (Å²) in [6.07, 6.45) is 8.39. The minimum absolute atomic E-state index is 0.186. The molecule has 2 aromatic heterocycles. The normalized spacial score (nSPS) is 10.7. The number of carbonyl (C=O) groups excluding carboxylic acids is 1. The molecule has 0 bridgehead atoms. The number of rotatable bonds is 6. The van der Waals surface area contributed by atoms with Crippen molar-refractivity contribution in [1.82, 2.24) is 14.7 Å². The first-order chi connectivity index (χ1) is 8.74. The van der Waals surface area contributed by atoms with Gasteiger partial charge in [0.1, 0.15) is 12.4 Å². The molecule has 0 unspecified atom stereocenters. The number of aryl methyl sites for hydroxylation is 3. The maximum atomic E-state index is 11.6. The fourth-order valence-electron chi connectivity index (χ4n) is 1.48. The molecule has 0 aliphatic rings. The van der Waals surface area contributed by atoms with Gasteiger partial charge in [-0.25, -0.2) is 9.13 Å². The highest BCUT2D eigenvalue weighted by molar-refractivity contribution is 8.13. The van der Waals surface area contributed by atoms with Crippen molar-refractivity contribution in [3.8, 4) is 0 Å². The summed E-state index contributed by atoms with van der Waals surface area (Å²) in [5.74, 6) is 1.26. The maximum absolute atomic E-state index is 11.6. The Bertz CT molecular complexity index is 495. The molecule has 0 aliphatic heterocycles. The SMILES string of the molecule is C[n+]1ccn(CCC(=O)SCCc2ncno2)c1. The van der Waals surface area contributed by atoms with Gasteiger partial charge in [-0.3, -0.25) is 4.79 Å². The van der Waals surface area contributed by atoms with Crippen molar-refractivity contribution in [2.24, 2.45) is 7.05 Å². The standard InChI is InChI=1S/C11H15N4O2S/c1-14-5-6-15(9-14)4-2-11(16)18-7-3-10-12-8-13-17-10/h5-6,8-9H,2-4,7H2,1H3/q+1. The average molecular weight is 267 g/mol.